The average molecular weight is 419 g/mol. The molecule has 4 fully saturated rings. The van der Waals surface area contributed by atoms with Crippen molar-refractivity contribution in [3.05, 3.63) is 29.3 Å². The van der Waals surface area contributed by atoms with Crippen molar-refractivity contribution >= 4 is 35.1 Å². The molecule has 4 aliphatic carbocycles. The van der Waals surface area contributed by atoms with Crippen LogP contribution in [0.1, 0.15) is 45.4 Å². The van der Waals surface area contributed by atoms with Crippen LogP contribution in [0.15, 0.2) is 24.3 Å². The molecule has 4 saturated carbocycles. The summed E-state index contributed by atoms with van der Waals surface area (Å²) in [5, 5.41) is 6.06. The molecule has 29 heavy (non-hydrogen) atoms. The largest absolute Gasteiger partial charge is 0.454 e. The molecular formula is C22H27ClN2O4. The molecule has 0 unspecified atom stereocenters. The Balaban J connectivity index is 1.25. The quantitative estimate of drug-likeness (QED) is 0.692. The normalized spacial score (nSPS) is 30.5. The Kier molecular flexibility index (Phi) is 5.56. The zero-order chi connectivity index (χ0) is 20.6. The summed E-state index contributed by atoms with van der Waals surface area (Å²) >= 11 is 5.81. The number of hydrogen-bond acceptors (Lipinski definition) is 4. The van der Waals surface area contributed by atoms with Gasteiger partial charge in [-0.25, -0.2) is 4.79 Å². The number of ether oxygens (including phenoxy) is 1. The van der Waals surface area contributed by atoms with Crippen LogP contribution in [0.2, 0.25) is 5.02 Å². The van der Waals surface area contributed by atoms with Crippen LogP contribution in [0.25, 0.3) is 0 Å². The molecule has 1 atom stereocenters. The Labute approximate surface area is 175 Å². The molecule has 0 aromatic heterocycles. The van der Waals surface area contributed by atoms with Gasteiger partial charge in [0.2, 0.25) is 5.91 Å². The highest BCUT2D eigenvalue weighted by Gasteiger charge is 2.54. The number of esters is 1. The lowest BCUT2D eigenvalue weighted by Gasteiger charge is -2.55. The molecule has 1 aromatic carbocycles. The van der Waals surface area contributed by atoms with Crippen molar-refractivity contribution in [2.45, 2.75) is 51.5 Å². The van der Waals surface area contributed by atoms with E-state index in [1.807, 2.05) is 0 Å². The van der Waals surface area contributed by atoms with Crippen LogP contribution >= 0.6 is 11.6 Å². The van der Waals surface area contributed by atoms with E-state index in [2.05, 4.69) is 10.6 Å². The summed E-state index contributed by atoms with van der Waals surface area (Å²) in [6, 6.07) is 5.86. The van der Waals surface area contributed by atoms with Gasteiger partial charge in [-0.3, -0.25) is 9.59 Å². The maximum atomic E-state index is 13.0. The summed E-state index contributed by atoms with van der Waals surface area (Å²) in [4.78, 5) is 37.2. The molecule has 5 rings (SSSR count). The minimum atomic E-state index is -0.779. The molecule has 2 N–H and O–H groups in total. The number of hydrogen-bond donors (Lipinski definition) is 2. The topological polar surface area (TPSA) is 84.5 Å². The number of anilines is 1. The van der Waals surface area contributed by atoms with Gasteiger partial charge in [0, 0.05) is 16.1 Å². The third kappa shape index (κ3) is 4.42. The van der Waals surface area contributed by atoms with Crippen LogP contribution in [0.4, 0.5) is 5.69 Å². The van der Waals surface area contributed by atoms with Gasteiger partial charge in [0.05, 0.1) is 0 Å². The van der Waals surface area contributed by atoms with E-state index in [9.17, 15) is 14.4 Å². The lowest BCUT2D eigenvalue weighted by molar-refractivity contribution is -0.154. The van der Waals surface area contributed by atoms with Gasteiger partial charge in [-0.1, -0.05) is 11.6 Å². The number of amides is 2. The lowest BCUT2D eigenvalue weighted by atomic mass is 9.49. The second-order valence-electron chi connectivity index (χ2n) is 9.06. The molecule has 0 spiro atoms. The van der Waals surface area contributed by atoms with E-state index in [-0.39, 0.29) is 11.3 Å². The molecule has 4 aliphatic rings. The first-order valence-electron chi connectivity index (χ1n) is 10.4. The first-order valence-corrected chi connectivity index (χ1v) is 10.7. The summed E-state index contributed by atoms with van der Waals surface area (Å²) in [7, 11) is 0. The monoisotopic (exact) mass is 418 g/mol. The Morgan fingerprint density at radius 3 is 2.17 bits per heavy atom. The first kappa shape index (κ1) is 20.2. The van der Waals surface area contributed by atoms with E-state index in [1.54, 1.807) is 31.2 Å². The molecule has 0 heterocycles. The molecular weight excluding hydrogens is 392 g/mol. The van der Waals surface area contributed by atoms with Crippen LogP contribution < -0.4 is 10.6 Å². The Morgan fingerprint density at radius 1 is 1.07 bits per heavy atom. The molecule has 6 nitrogen and oxygen atoms in total. The molecule has 1 aromatic rings. The van der Waals surface area contributed by atoms with Gasteiger partial charge in [0.25, 0.3) is 5.91 Å². The second-order valence-corrected chi connectivity index (χ2v) is 9.49. The van der Waals surface area contributed by atoms with Gasteiger partial charge in [-0.2, -0.15) is 0 Å². The van der Waals surface area contributed by atoms with Crippen molar-refractivity contribution in [3.8, 4) is 0 Å². The van der Waals surface area contributed by atoms with E-state index < -0.39 is 24.5 Å². The second kappa shape index (κ2) is 7.98. The number of rotatable bonds is 6. The van der Waals surface area contributed by atoms with E-state index in [4.69, 9.17) is 16.3 Å². The molecule has 0 aliphatic heterocycles. The fourth-order valence-electron chi connectivity index (χ4n) is 5.79. The van der Waals surface area contributed by atoms with E-state index >= 15 is 0 Å². The molecule has 4 bridgehead atoms. The van der Waals surface area contributed by atoms with E-state index in [0.29, 0.717) is 28.5 Å². The van der Waals surface area contributed by atoms with Gasteiger partial charge in [0.15, 0.2) is 6.61 Å². The maximum absolute atomic E-state index is 13.0. The number of carbonyl (C=O) groups is 3. The minimum absolute atomic E-state index is 0.0216. The predicted molar refractivity (Wildman–Crippen MR) is 109 cm³/mol. The fraction of sp³-hybridized carbons (Fsp3) is 0.591. The van der Waals surface area contributed by atoms with Crippen molar-refractivity contribution in [2.75, 3.05) is 11.9 Å². The Hall–Kier alpha value is -2.08. The van der Waals surface area contributed by atoms with Crippen molar-refractivity contribution in [1.82, 2.24) is 5.32 Å². The average Bonchev–Trinajstić information content (AvgIpc) is 2.66. The third-order valence-corrected chi connectivity index (χ3v) is 6.95. The Morgan fingerprint density at radius 2 is 1.62 bits per heavy atom. The zero-order valence-corrected chi connectivity index (χ0v) is 17.3. The van der Waals surface area contributed by atoms with Gasteiger partial charge in [-0.15, -0.1) is 0 Å². The van der Waals surface area contributed by atoms with Crippen molar-refractivity contribution in [2.24, 2.45) is 23.2 Å². The molecule has 0 saturated heterocycles. The fourth-order valence-corrected chi connectivity index (χ4v) is 5.92. The van der Waals surface area contributed by atoms with Gasteiger partial charge in [0.1, 0.15) is 6.04 Å². The summed E-state index contributed by atoms with van der Waals surface area (Å²) in [6.07, 6.45) is 6.59. The van der Waals surface area contributed by atoms with Crippen molar-refractivity contribution < 1.29 is 19.1 Å². The predicted octanol–water partition coefficient (Wildman–Crippen LogP) is 3.54. The zero-order valence-electron chi connectivity index (χ0n) is 16.6. The summed E-state index contributed by atoms with van der Waals surface area (Å²) < 4.78 is 5.09. The molecule has 0 radical (unpaired) electrons. The molecule has 156 valence electrons. The van der Waals surface area contributed by atoms with Crippen LogP contribution in [0, 0.1) is 23.2 Å². The number of benzene rings is 1. The SMILES string of the molecule is C[C@H](NC(=O)C12CC3CC(CC(C3)C1)C2)C(=O)OCC(=O)Nc1ccc(Cl)cc1. The van der Waals surface area contributed by atoms with E-state index in [0.717, 1.165) is 19.3 Å². The van der Waals surface area contributed by atoms with Gasteiger partial charge < -0.3 is 15.4 Å². The van der Waals surface area contributed by atoms with Crippen LogP contribution in [0.5, 0.6) is 0 Å². The highest BCUT2D eigenvalue weighted by molar-refractivity contribution is 6.30. The maximum Gasteiger partial charge on any atom is 0.328 e. The van der Waals surface area contributed by atoms with Crippen LogP contribution in [0.3, 0.4) is 0 Å². The number of carbonyl (C=O) groups excluding carboxylic acids is 3. The standard InChI is InChI=1S/C22H27ClN2O4/c1-13(20(27)29-12-19(26)25-18-4-2-17(23)3-5-18)24-21(28)22-9-14-6-15(10-22)8-16(7-14)11-22/h2-5,13-16H,6-12H2,1H3,(H,24,28)(H,25,26)/t13-,14?,15?,16?,22?/m0/s1. The Bertz CT molecular complexity index is 772. The van der Waals surface area contributed by atoms with Crippen LogP contribution in [-0.2, 0) is 19.1 Å². The van der Waals surface area contributed by atoms with Crippen molar-refractivity contribution in [1.29, 1.82) is 0 Å². The van der Waals surface area contributed by atoms with Gasteiger partial charge in [-0.05, 0) is 87.5 Å². The molecule has 2 amide bonds. The molecule has 7 heteroatoms. The van der Waals surface area contributed by atoms with Gasteiger partial charge >= 0.3 is 5.97 Å². The van der Waals surface area contributed by atoms with Crippen LogP contribution in [-0.4, -0.2) is 30.4 Å². The summed E-state index contributed by atoms with van der Waals surface area (Å²) in [5.41, 5.74) is 0.258. The van der Waals surface area contributed by atoms with E-state index in [1.165, 1.54) is 19.3 Å². The summed E-state index contributed by atoms with van der Waals surface area (Å²) in [6.45, 7) is 1.21. The number of nitrogens with one attached hydrogen (secondary N) is 2. The lowest BCUT2D eigenvalue weighted by Crippen LogP contribution is -2.56. The highest BCUT2D eigenvalue weighted by atomic mass is 35.5. The van der Waals surface area contributed by atoms with Crippen molar-refractivity contribution in [3.63, 3.8) is 0 Å². The third-order valence-electron chi connectivity index (χ3n) is 6.69. The minimum Gasteiger partial charge on any atom is -0.454 e. The highest BCUT2D eigenvalue weighted by Crippen LogP contribution is 2.60. The summed E-state index contributed by atoms with van der Waals surface area (Å²) in [5.74, 6) is 0.906. The number of halogens is 1. The smallest absolute Gasteiger partial charge is 0.328 e. The first-order chi connectivity index (χ1) is 13.8.